The van der Waals surface area contributed by atoms with Crippen LogP contribution in [0.4, 0.5) is 10.2 Å². The minimum atomic E-state index is -0.474. The minimum absolute atomic E-state index is 0.0544. The van der Waals surface area contributed by atoms with Crippen LogP contribution in [0.5, 0.6) is 11.5 Å². The van der Waals surface area contributed by atoms with E-state index in [-0.39, 0.29) is 5.75 Å². The Bertz CT molecular complexity index is 581. The Morgan fingerprint density at radius 3 is 2.44 bits per heavy atom. The Morgan fingerprint density at radius 1 is 1.28 bits per heavy atom. The predicted molar refractivity (Wildman–Crippen MR) is 66.2 cm³/mol. The molecular formula is C12H14FN3O2. The minimum Gasteiger partial charge on any atom is -0.492 e. The number of halogens is 1. The van der Waals surface area contributed by atoms with Crippen LogP contribution in [-0.2, 0) is 0 Å². The molecule has 0 amide bonds. The van der Waals surface area contributed by atoms with Gasteiger partial charge in [0.1, 0.15) is 5.82 Å². The lowest BCUT2D eigenvalue weighted by Crippen LogP contribution is -1.99. The molecular weight excluding hydrogens is 237 g/mol. The van der Waals surface area contributed by atoms with Gasteiger partial charge in [0.25, 0.3) is 0 Å². The molecule has 0 aliphatic rings. The van der Waals surface area contributed by atoms with E-state index in [9.17, 15) is 4.39 Å². The molecule has 0 unspecified atom stereocenters. The molecule has 0 fully saturated rings. The molecule has 0 aliphatic carbocycles. The quantitative estimate of drug-likeness (QED) is 0.876. The SMILES string of the molecule is COc1c(F)cc(C)c(-c2cn[nH]c2N)c1OC. The summed E-state index contributed by atoms with van der Waals surface area (Å²) in [4.78, 5) is 0. The molecule has 96 valence electrons. The second kappa shape index (κ2) is 4.56. The molecule has 1 aromatic carbocycles. The van der Waals surface area contributed by atoms with Gasteiger partial charge in [-0.15, -0.1) is 0 Å². The number of aromatic nitrogens is 2. The highest BCUT2D eigenvalue weighted by Gasteiger charge is 2.21. The van der Waals surface area contributed by atoms with Gasteiger partial charge in [0.05, 0.1) is 20.4 Å². The first-order valence-electron chi connectivity index (χ1n) is 5.30. The van der Waals surface area contributed by atoms with Gasteiger partial charge in [-0.2, -0.15) is 5.10 Å². The highest BCUT2D eigenvalue weighted by Crippen LogP contribution is 2.43. The molecule has 0 atom stereocenters. The van der Waals surface area contributed by atoms with Gasteiger partial charge in [-0.25, -0.2) is 4.39 Å². The number of aryl methyl sites for hydroxylation is 1. The Labute approximate surface area is 104 Å². The summed E-state index contributed by atoms with van der Waals surface area (Å²) in [5, 5.41) is 6.49. The van der Waals surface area contributed by atoms with Crippen LogP contribution in [-0.4, -0.2) is 24.4 Å². The second-order valence-electron chi connectivity index (χ2n) is 3.81. The number of anilines is 1. The maximum Gasteiger partial charge on any atom is 0.197 e. The molecule has 18 heavy (non-hydrogen) atoms. The Balaban J connectivity index is 2.78. The van der Waals surface area contributed by atoms with Gasteiger partial charge in [-0.1, -0.05) is 0 Å². The smallest absolute Gasteiger partial charge is 0.197 e. The van der Waals surface area contributed by atoms with Crippen molar-refractivity contribution in [3.05, 3.63) is 23.6 Å². The molecule has 0 bridgehead atoms. The number of nitrogens with zero attached hydrogens (tertiary/aromatic N) is 1. The van der Waals surface area contributed by atoms with E-state index in [1.807, 2.05) is 0 Å². The van der Waals surface area contributed by atoms with Crippen molar-refractivity contribution in [3.8, 4) is 22.6 Å². The Kier molecular flexibility index (Phi) is 3.10. The van der Waals surface area contributed by atoms with E-state index in [0.717, 1.165) is 0 Å². The number of H-pyrrole nitrogens is 1. The summed E-state index contributed by atoms with van der Waals surface area (Å²) in [5.41, 5.74) is 7.80. The zero-order valence-electron chi connectivity index (χ0n) is 10.4. The van der Waals surface area contributed by atoms with Crippen LogP contribution in [0.3, 0.4) is 0 Å². The van der Waals surface area contributed by atoms with Gasteiger partial charge < -0.3 is 15.2 Å². The number of aromatic amines is 1. The molecule has 1 heterocycles. The zero-order valence-corrected chi connectivity index (χ0v) is 10.4. The summed E-state index contributed by atoms with van der Waals surface area (Å²) in [7, 11) is 2.84. The van der Waals surface area contributed by atoms with Crippen molar-refractivity contribution < 1.29 is 13.9 Å². The fourth-order valence-electron chi connectivity index (χ4n) is 1.94. The van der Waals surface area contributed by atoms with E-state index < -0.39 is 5.82 Å². The lowest BCUT2D eigenvalue weighted by Gasteiger charge is -2.15. The molecule has 2 aromatic rings. The van der Waals surface area contributed by atoms with Crippen LogP contribution in [0.25, 0.3) is 11.1 Å². The van der Waals surface area contributed by atoms with Crippen LogP contribution in [0.1, 0.15) is 5.56 Å². The zero-order chi connectivity index (χ0) is 13.3. The average Bonchev–Trinajstić information content (AvgIpc) is 2.74. The van der Waals surface area contributed by atoms with Crippen LogP contribution in [0.15, 0.2) is 12.3 Å². The van der Waals surface area contributed by atoms with E-state index in [1.54, 1.807) is 13.1 Å². The molecule has 2 rings (SSSR count). The number of nitrogens with two attached hydrogens (primary N) is 1. The Morgan fingerprint density at radius 2 is 1.94 bits per heavy atom. The molecule has 0 aliphatic heterocycles. The lowest BCUT2D eigenvalue weighted by molar-refractivity contribution is 0.338. The van der Waals surface area contributed by atoms with Gasteiger partial charge >= 0.3 is 0 Å². The summed E-state index contributed by atoms with van der Waals surface area (Å²) in [5.74, 6) is 0.282. The van der Waals surface area contributed by atoms with Crippen molar-refractivity contribution in [1.29, 1.82) is 0 Å². The molecule has 0 radical (unpaired) electrons. The largest absolute Gasteiger partial charge is 0.492 e. The summed E-state index contributed by atoms with van der Waals surface area (Å²) in [6.07, 6.45) is 1.57. The summed E-state index contributed by atoms with van der Waals surface area (Å²) >= 11 is 0. The number of benzene rings is 1. The molecule has 0 saturated heterocycles. The van der Waals surface area contributed by atoms with Gasteiger partial charge in [0.2, 0.25) is 0 Å². The third-order valence-corrected chi connectivity index (χ3v) is 2.73. The van der Waals surface area contributed by atoms with Crippen molar-refractivity contribution in [1.82, 2.24) is 10.2 Å². The number of ether oxygens (including phenoxy) is 2. The number of hydrogen-bond donors (Lipinski definition) is 2. The Hall–Kier alpha value is -2.24. The van der Waals surface area contributed by atoms with Crippen LogP contribution >= 0.6 is 0 Å². The average molecular weight is 251 g/mol. The van der Waals surface area contributed by atoms with Gasteiger partial charge in [0.15, 0.2) is 17.3 Å². The molecule has 0 spiro atoms. The fraction of sp³-hybridized carbons (Fsp3) is 0.250. The maximum atomic E-state index is 13.8. The predicted octanol–water partition coefficient (Wildman–Crippen LogP) is 2.12. The van der Waals surface area contributed by atoms with Gasteiger partial charge in [0, 0.05) is 11.1 Å². The van der Waals surface area contributed by atoms with Crippen LogP contribution < -0.4 is 15.2 Å². The summed E-state index contributed by atoms with van der Waals surface area (Å²) in [6, 6.07) is 1.38. The second-order valence-corrected chi connectivity index (χ2v) is 3.81. The molecule has 6 heteroatoms. The topological polar surface area (TPSA) is 73.2 Å². The first kappa shape index (κ1) is 12.2. The van der Waals surface area contributed by atoms with Crippen LogP contribution in [0, 0.1) is 12.7 Å². The monoisotopic (exact) mass is 251 g/mol. The summed E-state index contributed by atoms with van der Waals surface area (Å²) < 4.78 is 24.0. The standard InChI is InChI=1S/C12H14FN3O2/c1-6-4-8(13)10(17-2)11(18-3)9(6)7-5-15-16-12(7)14/h4-5H,1-3H3,(H3,14,15,16). The molecule has 0 saturated carbocycles. The van der Waals surface area contributed by atoms with Crippen molar-refractivity contribution in [2.75, 3.05) is 20.0 Å². The number of nitrogen functional groups attached to an aromatic ring is 1. The normalized spacial score (nSPS) is 10.4. The van der Waals surface area contributed by atoms with E-state index in [1.165, 1.54) is 20.3 Å². The van der Waals surface area contributed by atoms with Gasteiger partial charge in [-0.3, -0.25) is 5.10 Å². The molecule has 5 nitrogen and oxygen atoms in total. The fourth-order valence-corrected chi connectivity index (χ4v) is 1.94. The highest BCUT2D eigenvalue weighted by atomic mass is 19.1. The molecule has 3 N–H and O–H groups in total. The first-order chi connectivity index (χ1) is 8.60. The lowest BCUT2D eigenvalue weighted by atomic mass is 10.0. The number of nitrogens with one attached hydrogen (secondary N) is 1. The van der Waals surface area contributed by atoms with Crippen molar-refractivity contribution in [2.45, 2.75) is 6.92 Å². The third-order valence-electron chi connectivity index (χ3n) is 2.73. The van der Waals surface area contributed by atoms with Gasteiger partial charge in [-0.05, 0) is 18.6 Å². The third kappa shape index (κ3) is 1.75. The van der Waals surface area contributed by atoms with Crippen molar-refractivity contribution in [2.24, 2.45) is 0 Å². The highest BCUT2D eigenvalue weighted by molar-refractivity contribution is 5.82. The van der Waals surface area contributed by atoms with Crippen molar-refractivity contribution >= 4 is 5.82 Å². The summed E-state index contributed by atoms with van der Waals surface area (Å²) in [6.45, 7) is 1.77. The van der Waals surface area contributed by atoms with Crippen molar-refractivity contribution in [3.63, 3.8) is 0 Å². The van der Waals surface area contributed by atoms with E-state index in [2.05, 4.69) is 10.2 Å². The number of hydrogen-bond acceptors (Lipinski definition) is 4. The van der Waals surface area contributed by atoms with E-state index >= 15 is 0 Å². The molecule has 1 aromatic heterocycles. The maximum absolute atomic E-state index is 13.8. The number of methoxy groups -OCH3 is 2. The van der Waals surface area contributed by atoms with E-state index in [0.29, 0.717) is 28.3 Å². The van der Waals surface area contributed by atoms with E-state index in [4.69, 9.17) is 15.2 Å². The first-order valence-corrected chi connectivity index (χ1v) is 5.30. The van der Waals surface area contributed by atoms with Crippen LogP contribution in [0.2, 0.25) is 0 Å². The number of rotatable bonds is 3.